The molecule has 2 heteroatoms. The number of benzene rings is 1. The fraction of sp³-hybridized carbons (Fsp3) is 0.333. The minimum absolute atomic E-state index is 0.210. The lowest BCUT2D eigenvalue weighted by Crippen LogP contribution is -2.27. The highest BCUT2D eigenvalue weighted by Crippen LogP contribution is 2.19. The summed E-state index contributed by atoms with van der Waals surface area (Å²) in [6.07, 6.45) is 5.04. The molecule has 0 amide bonds. The predicted molar refractivity (Wildman–Crippen MR) is 55.7 cm³/mol. The third kappa shape index (κ3) is 2.88. The molecule has 0 radical (unpaired) electrons. The normalized spacial score (nSPS) is 14.4. The molecule has 0 aliphatic carbocycles. The topological polar surface area (TPSA) is 29.5 Å². The smallest absolute Gasteiger partial charge is 0.110 e. The van der Waals surface area contributed by atoms with Crippen LogP contribution in [0.2, 0.25) is 0 Å². The van der Waals surface area contributed by atoms with E-state index in [9.17, 15) is 5.11 Å². The SMILES string of the molecule is C#CCOCC(C)(O)c1ccccc1. The van der Waals surface area contributed by atoms with Gasteiger partial charge in [-0.1, -0.05) is 36.3 Å². The fourth-order valence-corrected chi connectivity index (χ4v) is 1.19. The molecule has 1 aromatic rings. The van der Waals surface area contributed by atoms with Crippen LogP contribution >= 0.6 is 0 Å². The molecule has 1 atom stereocenters. The highest BCUT2D eigenvalue weighted by molar-refractivity contribution is 5.21. The Morgan fingerprint density at radius 2 is 2.07 bits per heavy atom. The standard InChI is InChI=1S/C12H14O2/c1-3-9-14-10-12(2,13)11-7-5-4-6-8-11/h1,4-8,13H,9-10H2,2H3. The molecular formula is C12H14O2. The molecule has 2 nitrogen and oxygen atoms in total. The summed E-state index contributed by atoms with van der Waals surface area (Å²) in [5, 5.41) is 10.0. The van der Waals surface area contributed by atoms with E-state index in [2.05, 4.69) is 5.92 Å². The minimum atomic E-state index is -0.974. The first kappa shape index (κ1) is 10.8. The summed E-state index contributed by atoms with van der Waals surface area (Å²) < 4.78 is 5.12. The van der Waals surface area contributed by atoms with E-state index in [0.717, 1.165) is 5.56 Å². The van der Waals surface area contributed by atoms with Crippen molar-refractivity contribution < 1.29 is 9.84 Å². The van der Waals surface area contributed by atoms with Gasteiger partial charge in [-0.05, 0) is 12.5 Å². The van der Waals surface area contributed by atoms with Crippen LogP contribution in [0.3, 0.4) is 0 Å². The first-order valence-electron chi connectivity index (χ1n) is 4.46. The second kappa shape index (κ2) is 4.80. The van der Waals surface area contributed by atoms with Gasteiger partial charge in [-0.15, -0.1) is 6.42 Å². The molecule has 0 spiro atoms. The average Bonchev–Trinajstić information content (AvgIpc) is 2.19. The highest BCUT2D eigenvalue weighted by atomic mass is 16.5. The average molecular weight is 190 g/mol. The van der Waals surface area contributed by atoms with Crippen molar-refractivity contribution in [3.63, 3.8) is 0 Å². The van der Waals surface area contributed by atoms with Gasteiger partial charge in [0, 0.05) is 0 Å². The lowest BCUT2D eigenvalue weighted by Gasteiger charge is -2.22. The molecule has 1 unspecified atom stereocenters. The molecule has 0 saturated heterocycles. The highest BCUT2D eigenvalue weighted by Gasteiger charge is 2.22. The van der Waals surface area contributed by atoms with Crippen molar-refractivity contribution in [2.75, 3.05) is 13.2 Å². The third-order valence-corrected chi connectivity index (χ3v) is 1.96. The van der Waals surface area contributed by atoms with Crippen LogP contribution in [-0.4, -0.2) is 18.3 Å². The summed E-state index contributed by atoms with van der Waals surface area (Å²) in [6, 6.07) is 9.39. The Balaban J connectivity index is 2.62. The van der Waals surface area contributed by atoms with Crippen LogP contribution in [0, 0.1) is 12.3 Å². The monoisotopic (exact) mass is 190 g/mol. The van der Waals surface area contributed by atoms with E-state index in [4.69, 9.17) is 11.2 Å². The summed E-state index contributed by atoms with van der Waals surface area (Å²) in [4.78, 5) is 0. The number of terminal acetylenes is 1. The molecule has 0 saturated carbocycles. The van der Waals surface area contributed by atoms with Crippen LogP contribution in [0.4, 0.5) is 0 Å². The zero-order chi connectivity index (χ0) is 10.4. The van der Waals surface area contributed by atoms with Crippen LogP contribution in [0.5, 0.6) is 0 Å². The van der Waals surface area contributed by atoms with Crippen LogP contribution < -0.4 is 0 Å². The Labute approximate surface area is 84.5 Å². The van der Waals surface area contributed by atoms with Gasteiger partial charge in [-0.25, -0.2) is 0 Å². The van der Waals surface area contributed by atoms with E-state index < -0.39 is 5.60 Å². The van der Waals surface area contributed by atoms with Crippen molar-refractivity contribution in [3.05, 3.63) is 35.9 Å². The van der Waals surface area contributed by atoms with E-state index in [-0.39, 0.29) is 13.2 Å². The summed E-state index contributed by atoms with van der Waals surface area (Å²) in [6.45, 7) is 2.14. The molecule has 1 aromatic carbocycles. The maximum absolute atomic E-state index is 10.0. The van der Waals surface area contributed by atoms with Gasteiger partial charge in [0.1, 0.15) is 12.2 Å². The van der Waals surface area contributed by atoms with Gasteiger partial charge in [0.15, 0.2) is 0 Å². The van der Waals surface area contributed by atoms with Gasteiger partial charge in [0.25, 0.3) is 0 Å². The second-order valence-corrected chi connectivity index (χ2v) is 3.34. The Morgan fingerprint density at radius 3 is 2.64 bits per heavy atom. The van der Waals surface area contributed by atoms with Gasteiger partial charge in [0.2, 0.25) is 0 Å². The molecule has 0 heterocycles. The Hall–Kier alpha value is -1.30. The van der Waals surface area contributed by atoms with Gasteiger partial charge in [0.05, 0.1) is 6.61 Å². The molecular weight excluding hydrogens is 176 g/mol. The summed E-state index contributed by atoms with van der Waals surface area (Å²) in [7, 11) is 0. The van der Waals surface area contributed by atoms with Crippen LogP contribution in [0.25, 0.3) is 0 Å². The van der Waals surface area contributed by atoms with Crippen molar-refractivity contribution in [1.82, 2.24) is 0 Å². The first-order valence-corrected chi connectivity index (χ1v) is 4.46. The van der Waals surface area contributed by atoms with Crippen LogP contribution in [0.1, 0.15) is 12.5 Å². The molecule has 74 valence electrons. The maximum Gasteiger partial charge on any atom is 0.110 e. The van der Waals surface area contributed by atoms with Crippen LogP contribution in [0.15, 0.2) is 30.3 Å². The third-order valence-electron chi connectivity index (χ3n) is 1.96. The predicted octanol–water partition coefficient (Wildman–Crippen LogP) is 1.54. The molecule has 1 rings (SSSR count). The fourth-order valence-electron chi connectivity index (χ4n) is 1.19. The zero-order valence-corrected chi connectivity index (χ0v) is 8.23. The van der Waals surface area contributed by atoms with Gasteiger partial charge in [-0.2, -0.15) is 0 Å². The molecule has 0 aliphatic heterocycles. The lowest BCUT2D eigenvalue weighted by molar-refractivity contribution is -0.0290. The van der Waals surface area contributed by atoms with Crippen LogP contribution in [-0.2, 0) is 10.3 Å². The number of hydrogen-bond donors (Lipinski definition) is 1. The van der Waals surface area contributed by atoms with Gasteiger partial charge in [-0.3, -0.25) is 0 Å². The van der Waals surface area contributed by atoms with E-state index in [0.29, 0.717) is 0 Å². The summed E-state index contributed by atoms with van der Waals surface area (Å²) in [5.74, 6) is 2.36. The Bertz CT molecular complexity index is 309. The molecule has 0 bridgehead atoms. The summed E-state index contributed by atoms with van der Waals surface area (Å²) >= 11 is 0. The largest absolute Gasteiger partial charge is 0.383 e. The molecule has 14 heavy (non-hydrogen) atoms. The lowest BCUT2D eigenvalue weighted by atomic mass is 9.97. The zero-order valence-electron chi connectivity index (χ0n) is 8.23. The molecule has 0 aromatic heterocycles. The number of rotatable bonds is 4. The molecule has 1 N–H and O–H groups in total. The van der Waals surface area contributed by atoms with E-state index >= 15 is 0 Å². The van der Waals surface area contributed by atoms with E-state index in [1.54, 1.807) is 6.92 Å². The van der Waals surface area contributed by atoms with Crippen molar-refractivity contribution in [2.45, 2.75) is 12.5 Å². The molecule has 0 aliphatic rings. The van der Waals surface area contributed by atoms with Crippen molar-refractivity contribution in [1.29, 1.82) is 0 Å². The summed E-state index contributed by atoms with van der Waals surface area (Å²) in [5.41, 5.74) is -0.144. The number of aliphatic hydroxyl groups is 1. The van der Waals surface area contributed by atoms with Crippen molar-refractivity contribution in [2.24, 2.45) is 0 Å². The quantitative estimate of drug-likeness (QED) is 0.576. The van der Waals surface area contributed by atoms with E-state index in [1.807, 2.05) is 30.3 Å². The Kier molecular flexibility index (Phi) is 3.70. The first-order chi connectivity index (χ1) is 6.67. The maximum atomic E-state index is 10.0. The second-order valence-electron chi connectivity index (χ2n) is 3.34. The molecule has 0 fully saturated rings. The van der Waals surface area contributed by atoms with Crippen molar-refractivity contribution in [3.8, 4) is 12.3 Å². The van der Waals surface area contributed by atoms with Gasteiger partial charge >= 0.3 is 0 Å². The Morgan fingerprint density at radius 1 is 1.43 bits per heavy atom. The van der Waals surface area contributed by atoms with Crippen molar-refractivity contribution >= 4 is 0 Å². The minimum Gasteiger partial charge on any atom is -0.383 e. The van der Waals surface area contributed by atoms with E-state index in [1.165, 1.54) is 0 Å². The number of hydrogen-bond acceptors (Lipinski definition) is 2. The van der Waals surface area contributed by atoms with Gasteiger partial charge < -0.3 is 9.84 Å². The number of ether oxygens (including phenoxy) is 1.